The Balaban J connectivity index is 1.72. The maximum Gasteiger partial charge on any atom is 0.330 e. The summed E-state index contributed by atoms with van der Waals surface area (Å²) in [5, 5.41) is 18.4. The number of hydrogen-bond acceptors (Lipinski definition) is 5. The van der Waals surface area contributed by atoms with Gasteiger partial charge in [-0.05, 0) is 43.7 Å². The fourth-order valence-electron chi connectivity index (χ4n) is 2.82. The van der Waals surface area contributed by atoms with Crippen molar-refractivity contribution in [1.29, 1.82) is 0 Å². The molecule has 0 radical (unpaired) electrons. The third kappa shape index (κ3) is 3.66. The maximum atomic E-state index is 15.3. The molecule has 0 atom stereocenters. The molecule has 0 spiro atoms. The molecule has 1 aliphatic rings. The standard InChI is InChI=1S/C20H17F2N7/c1-2-3-11-23-16-6-4-5-15(7-8-16)20(21,22)19-27-26-18-10-9-17(28-29(18)19)14-12-24-25-13-14/h2-4,6-13H,5H2,1H3,(H,24,25)/b3-2-,23-11?. The molecule has 0 fully saturated rings. The Bertz CT molecular complexity index is 1160. The lowest BCUT2D eigenvalue weighted by atomic mass is 10.0. The molecular formula is C20H17F2N7. The van der Waals surface area contributed by atoms with Gasteiger partial charge in [-0.25, -0.2) is 0 Å². The minimum atomic E-state index is -3.36. The number of allylic oxidation sites excluding steroid dienone is 7. The molecule has 146 valence electrons. The Hall–Kier alpha value is -3.75. The van der Waals surface area contributed by atoms with E-state index in [0.717, 1.165) is 4.52 Å². The fraction of sp³-hybridized carbons (Fsp3) is 0.150. The molecule has 3 heterocycles. The van der Waals surface area contributed by atoms with Crippen molar-refractivity contribution in [1.82, 2.24) is 30.0 Å². The predicted octanol–water partition coefficient (Wildman–Crippen LogP) is 4.02. The Morgan fingerprint density at radius 1 is 1.24 bits per heavy atom. The molecule has 0 aliphatic heterocycles. The van der Waals surface area contributed by atoms with Crippen LogP contribution in [0.4, 0.5) is 8.78 Å². The van der Waals surface area contributed by atoms with Crippen LogP contribution in [0.5, 0.6) is 0 Å². The number of nitrogens with zero attached hydrogens (tertiary/aromatic N) is 6. The normalized spacial score (nSPS) is 15.3. The number of nitrogens with one attached hydrogen (secondary N) is 1. The van der Waals surface area contributed by atoms with Gasteiger partial charge in [-0.2, -0.15) is 23.5 Å². The van der Waals surface area contributed by atoms with E-state index < -0.39 is 11.7 Å². The first-order chi connectivity index (χ1) is 14.1. The van der Waals surface area contributed by atoms with E-state index in [9.17, 15) is 0 Å². The molecule has 1 aliphatic carbocycles. The van der Waals surface area contributed by atoms with Gasteiger partial charge >= 0.3 is 5.92 Å². The number of aliphatic imine (C=N–C) groups is 1. The molecule has 0 aromatic carbocycles. The predicted molar refractivity (Wildman–Crippen MR) is 105 cm³/mol. The lowest BCUT2D eigenvalue weighted by molar-refractivity contribution is 0.0238. The van der Waals surface area contributed by atoms with Crippen molar-refractivity contribution in [3.63, 3.8) is 0 Å². The summed E-state index contributed by atoms with van der Waals surface area (Å²) in [5.74, 6) is -3.89. The van der Waals surface area contributed by atoms with Gasteiger partial charge in [-0.1, -0.05) is 18.2 Å². The zero-order valence-electron chi connectivity index (χ0n) is 15.5. The van der Waals surface area contributed by atoms with Gasteiger partial charge in [0.05, 0.1) is 17.6 Å². The number of fused-ring (bicyclic) bond motifs is 1. The van der Waals surface area contributed by atoms with Crippen LogP contribution in [-0.2, 0) is 5.92 Å². The summed E-state index contributed by atoms with van der Waals surface area (Å²) in [5.41, 5.74) is 1.87. The number of alkyl halides is 2. The summed E-state index contributed by atoms with van der Waals surface area (Å²) in [4.78, 5) is 4.22. The van der Waals surface area contributed by atoms with Crippen molar-refractivity contribution in [3.05, 3.63) is 78.1 Å². The van der Waals surface area contributed by atoms with E-state index in [4.69, 9.17) is 0 Å². The van der Waals surface area contributed by atoms with E-state index in [2.05, 4.69) is 30.5 Å². The summed E-state index contributed by atoms with van der Waals surface area (Å²) >= 11 is 0. The zero-order valence-corrected chi connectivity index (χ0v) is 15.5. The van der Waals surface area contributed by atoms with Crippen molar-refractivity contribution < 1.29 is 8.78 Å². The minimum absolute atomic E-state index is 0.0580. The SMILES string of the molecule is C/C=C\C=NC1=CC=C(C(F)(F)c2nnc3ccc(-c4cn[nH]c4)nn23)CC=C1. The van der Waals surface area contributed by atoms with E-state index in [1.54, 1.807) is 55.0 Å². The van der Waals surface area contributed by atoms with E-state index in [0.29, 0.717) is 17.0 Å². The molecule has 3 aromatic heterocycles. The van der Waals surface area contributed by atoms with E-state index in [1.165, 1.54) is 6.08 Å². The molecular weight excluding hydrogens is 376 g/mol. The topological polar surface area (TPSA) is 84.1 Å². The molecule has 3 aromatic rings. The first kappa shape index (κ1) is 18.6. The number of rotatable bonds is 5. The lowest BCUT2D eigenvalue weighted by Gasteiger charge is -2.16. The average molecular weight is 393 g/mol. The highest BCUT2D eigenvalue weighted by molar-refractivity contribution is 5.72. The molecule has 4 rings (SSSR count). The van der Waals surface area contributed by atoms with Crippen LogP contribution in [0.25, 0.3) is 16.9 Å². The van der Waals surface area contributed by atoms with Gasteiger partial charge in [0, 0.05) is 23.5 Å². The Labute approximate surface area is 164 Å². The van der Waals surface area contributed by atoms with Crippen LogP contribution in [0.1, 0.15) is 19.2 Å². The van der Waals surface area contributed by atoms with Gasteiger partial charge in [0.1, 0.15) is 0 Å². The fourth-order valence-corrected chi connectivity index (χ4v) is 2.82. The van der Waals surface area contributed by atoms with Crippen molar-refractivity contribution in [2.75, 3.05) is 0 Å². The first-order valence-electron chi connectivity index (χ1n) is 8.92. The van der Waals surface area contributed by atoms with Gasteiger partial charge in [0.15, 0.2) is 5.65 Å². The van der Waals surface area contributed by atoms with Crippen LogP contribution in [0.15, 0.2) is 77.2 Å². The zero-order chi connectivity index (χ0) is 20.3. The number of aromatic amines is 1. The minimum Gasteiger partial charge on any atom is -0.285 e. The molecule has 0 amide bonds. The molecule has 0 unspecified atom stereocenters. The second-order valence-electron chi connectivity index (χ2n) is 6.27. The summed E-state index contributed by atoms with van der Waals surface area (Å²) in [6.07, 6.45) is 14.8. The van der Waals surface area contributed by atoms with Crippen LogP contribution in [0.2, 0.25) is 0 Å². The number of aromatic nitrogens is 6. The van der Waals surface area contributed by atoms with Crippen LogP contribution in [0.3, 0.4) is 0 Å². The summed E-state index contributed by atoms with van der Waals surface area (Å²) in [6, 6.07) is 3.28. The van der Waals surface area contributed by atoms with Gasteiger partial charge in [0.25, 0.3) is 0 Å². The number of halogens is 2. The highest BCUT2D eigenvalue weighted by Gasteiger charge is 2.41. The van der Waals surface area contributed by atoms with E-state index >= 15 is 8.78 Å². The highest BCUT2D eigenvalue weighted by Crippen LogP contribution is 2.37. The van der Waals surface area contributed by atoms with Gasteiger partial charge < -0.3 is 0 Å². The van der Waals surface area contributed by atoms with Gasteiger partial charge in [-0.3, -0.25) is 10.1 Å². The van der Waals surface area contributed by atoms with E-state index in [1.807, 2.05) is 13.0 Å². The van der Waals surface area contributed by atoms with Crippen molar-refractivity contribution in [2.24, 2.45) is 4.99 Å². The van der Waals surface area contributed by atoms with Crippen LogP contribution in [-0.4, -0.2) is 36.2 Å². The molecule has 0 saturated carbocycles. The highest BCUT2D eigenvalue weighted by atomic mass is 19.3. The lowest BCUT2D eigenvalue weighted by Crippen LogP contribution is -2.21. The molecule has 0 saturated heterocycles. The van der Waals surface area contributed by atoms with Crippen molar-refractivity contribution in [2.45, 2.75) is 19.3 Å². The Morgan fingerprint density at radius 2 is 2.14 bits per heavy atom. The third-order valence-electron chi connectivity index (χ3n) is 4.32. The second kappa shape index (κ2) is 7.70. The Kier molecular flexibility index (Phi) is 4.94. The van der Waals surface area contributed by atoms with Crippen LogP contribution in [0, 0.1) is 0 Å². The molecule has 7 nitrogen and oxygen atoms in total. The van der Waals surface area contributed by atoms with Gasteiger partial charge in [0.2, 0.25) is 5.82 Å². The smallest absolute Gasteiger partial charge is 0.285 e. The summed E-state index contributed by atoms with van der Waals surface area (Å²) in [7, 11) is 0. The maximum absolute atomic E-state index is 15.3. The van der Waals surface area contributed by atoms with Gasteiger partial charge in [-0.15, -0.1) is 10.2 Å². The van der Waals surface area contributed by atoms with Crippen molar-refractivity contribution in [3.8, 4) is 11.3 Å². The van der Waals surface area contributed by atoms with Crippen LogP contribution < -0.4 is 0 Å². The number of H-pyrrole nitrogens is 1. The molecule has 0 bridgehead atoms. The van der Waals surface area contributed by atoms with Crippen LogP contribution >= 0.6 is 0 Å². The molecule has 9 heteroatoms. The second-order valence-corrected chi connectivity index (χ2v) is 6.27. The average Bonchev–Trinajstić information content (AvgIpc) is 3.34. The number of hydrogen-bond donors (Lipinski definition) is 1. The Morgan fingerprint density at radius 3 is 2.93 bits per heavy atom. The summed E-state index contributed by atoms with van der Waals surface area (Å²) < 4.78 is 31.7. The summed E-state index contributed by atoms with van der Waals surface area (Å²) in [6.45, 7) is 1.87. The largest absolute Gasteiger partial charge is 0.330 e. The monoisotopic (exact) mass is 393 g/mol. The molecule has 1 N–H and O–H groups in total. The van der Waals surface area contributed by atoms with E-state index in [-0.39, 0.29) is 17.6 Å². The van der Waals surface area contributed by atoms with Crippen molar-refractivity contribution >= 4 is 11.9 Å². The third-order valence-corrected chi connectivity index (χ3v) is 4.32. The molecule has 29 heavy (non-hydrogen) atoms. The quantitative estimate of drug-likeness (QED) is 0.664. The first-order valence-corrected chi connectivity index (χ1v) is 8.92.